The first kappa shape index (κ1) is 33.9. The summed E-state index contributed by atoms with van der Waals surface area (Å²) in [7, 11) is 0. The number of carbonyl (C=O) groups is 2. The highest BCUT2D eigenvalue weighted by Crippen LogP contribution is 2.09. The Morgan fingerprint density at radius 3 is 1.81 bits per heavy atom. The first-order chi connectivity index (χ1) is 17.6. The van der Waals surface area contributed by atoms with Gasteiger partial charge >= 0.3 is 11.9 Å². The van der Waals surface area contributed by atoms with Crippen LogP contribution in [0.1, 0.15) is 117 Å². The topological polar surface area (TPSA) is 72.8 Å². The summed E-state index contributed by atoms with van der Waals surface area (Å²) >= 11 is 0. The van der Waals surface area contributed by atoms with E-state index in [1.807, 2.05) is 0 Å². The van der Waals surface area contributed by atoms with Crippen LogP contribution in [0, 0.1) is 0 Å². The highest BCUT2D eigenvalue weighted by atomic mass is 16.6. The fourth-order valence-electron chi connectivity index (χ4n) is 3.48. The largest absolute Gasteiger partial charge is 0.462 e. The summed E-state index contributed by atoms with van der Waals surface area (Å²) in [6, 6.07) is 0. The monoisotopic (exact) mass is 504 g/mol. The van der Waals surface area contributed by atoms with Crippen LogP contribution in [0.5, 0.6) is 0 Å². The SMILES string of the molecule is CC/C=C\C/C=C\C/C=C\C/C=C\CCCCC(=O)OC(CO)COC(=O)CCCCCCCCC. The maximum Gasteiger partial charge on any atom is 0.306 e. The van der Waals surface area contributed by atoms with E-state index in [1.165, 1.54) is 25.7 Å². The molecule has 1 atom stereocenters. The molecule has 36 heavy (non-hydrogen) atoms. The third-order valence-electron chi connectivity index (χ3n) is 5.64. The van der Waals surface area contributed by atoms with E-state index in [9.17, 15) is 14.7 Å². The van der Waals surface area contributed by atoms with Crippen molar-refractivity contribution in [3.05, 3.63) is 48.6 Å². The Bertz CT molecular complexity index is 633. The molecule has 0 aliphatic carbocycles. The molecule has 0 saturated carbocycles. The predicted molar refractivity (Wildman–Crippen MR) is 150 cm³/mol. The lowest BCUT2D eigenvalue weighted by Crippen LogP contribution is -2.28. The van der Waals surface area contributed by atoms with Crippen LogP contribution < -0.4 is 0 Å². The number of ether oxygens (including phenoxy) is 2. The molecule has 1 N–H and O–H groups in total. The number of aliphatic hydroxyl groups excluding tert-OH is 1. The lowest BCUT2D eigenvalue weighted by Gasteiger charge is -2.15. The van der Waals surface area contributed by atoms with Crippen molar-refractivity contribution in [1.82, 2.24) is 0 Å². The second-order valence-corrected chi connectivity index (χ2v) is 9.10. The maximum atomic E-state index is 12.0. The van der Waals surface area contributed by atoms with Gasteiger partial charge in [0.2, 0.25) is 0 Å². The lowest BCUT2D eigenvalue weighted by atomic mass is 10.1. The first-order valence-electron chi connectivity index (χ1n) is 14.2. The molecule has 5 nitrogen and oxygen atoms in total. The van der Waals surface area contributed by atoms with Gasteiger partial charge in [0.1, 0.15) is 6.61 Å². The molecule has 1 unspecified atom stereocenters. The Kier molecular flexibility index (Phi) is 25.8. The lowest BCUT2D eigenvalue weighted by molar-refractivity contribution is -0.161. The van der Waals surface area contributed by atoms with Crippen molar-refractivity contribution in [1.29, 1.82) is 0 Å². The summed E-state index contributed by atoms with van der Waals surface area (Å²) < 4.78 is 10.4. The summed E-state index contributed by atoms with van der Waals surface area (Å²) in [4.78, 5) is 23.9. The molecule has 0 spiro atoms. The van der Waals surface area contributed by atoms with Crippen LogP contribution in [-0.4, -0.2) is 36.4 Å². The third kappa shape index (κ3) is 25.0. The number of esters is 2. The summed E-state index contributed by atoms with van der Waals surface area (Å²) in [5, 5.41) is 9.42. The van der Waals surface area contributed by atoms with Crippen LogP contribution in [0.25, 0.3) is 0 Å². The van der Waals surface area contributed by atoms with Gasteiger partial charge in [0, 0.05) is 12.8 Å². The van der Waals surface area contributed by atoms with E-state index >= 15 is 0 Å². The summed E-state index contributed by atoms with van der Waals surface area (Å²) in [6.45, 7) is 3.90. The van der Waals surface area contributed by atoms with Crippen LogP contribution >= 0.6 is 0 Å². The highest BCUT2D eigenvalue weighted by molar-refractivity contribution is 5.70. The summed E-state index contributed by atoms with van der Waals surface area (Å²) in [5.41, 5.74) is 0. The fraction of sp³-hybridized carbons (Fsp3) is 0.677. The van der Waals surface area contributed by atoms with Crippen LogP contribution in [0.2, 0.25) is 0 Å². The molecule has 5 heteroatoms. The van der Waals surface area contributed by atoms with Gasteiger partial charge in [-0.2, -0.15) is 0 Å². The molecule has 0 aromatic heterocycles. The zero-order chi connectivity index (χ0) is 26.5. The predicted octanol–water partition coefficient (Wildman–Crippen LogP) is 7.94. The van der Waals surface area contributed by atoms with Gasteiger partial charge in [0.25, 0.3) is 0 Å². The number of hydrogen-bond acceptors (Lipinski definition) is 5. The molecule has 0 radical (unpaired) electrons. The minimum absolute atomic E-state index is 0.0838. The normalized spacial score (nSPS) is 12.9. The van der Waals surface area contributed by atoms with Gasteiger partial charge in [-0.15, -0.1) is 0 Å². The minimum atomic E-state index is -0.787. The Balaban J connectivity index is 3.74. The number of carbonyl (C=O) groups excluding carboxylic acids is 2. The summed E-state index contributed by atoms with van der Waals surface area (Å²) in [6.07, 6.45) is 31.7. The van der Waals surface area contributed by atoms with Crippen molar-refractivity contribution in [2.24, 2.45) is 0 Å². The number of hydrogen-bond donors (Lipinski definition) is 1. The van der Waals surface area contributed by atoms with E-state index < -0.39 is 6.10 Å². The smallest absolute Gasteiger partial charge is 0.306 e. The number of aliphatic hydroxyl groups is 1. The molecule has 0 heterocycles. The number of unbranched alkanes of at least 4 members (excludes halogenated alkanes) is 8. The molecule has 206 valence electrons. The zero-order valence-electron chi connectivity index (χ0n) is 23.0. The average Bonchev–Trinajstić information content (AvgIpc) is 2.88. The van der Waals surface area contributed by atoms with E-state index in [0.29, 0.717) is 12.8 Å². The standard InChI is InChI=1S/C31H52O5/c1-3-5-7-9-11-12-13-14-15-16-17-18-20-22-24-26-31(34)36-29(27-32)28-35-30(33)25-23-21-19-10-8-6-4-2/h5,7,11-12,14-15,17-18,29,32H,3-4,6,8-10,13,16,19-28H2,1-2H3/b7-5-,12-11-,15-14-,18-17-. The molecule has 0 aromatic rings. The molecule has 0 aliphatic rings. The van der Waals surface area contributed by atoms with Gasteiger partial charge in [-0.3, -0.25) is 9.59 Å². The van der Waals surface area contributed by atoms with Gasteiger partial charge in [0.15, 0.2) is 6.10 Å². The van der Waals surface area contributed by atoms with Crippen molar-refractivity contribution in [2.75, 3.05) is 13.2 Å². The van der Waals surface area contributed by atoms with Crippen LogP contribution in [0.3, 0.4) is 0 Å². The zero-order valence-corrected chi connectivity index (χ0v) is 23.0. The van der Waals surface area contributed by atoms with Gasteiger partial charge in [-0.25, -0.2) is 0 Å². The molecular formula is C31H52O5. The van der Waals surface area contributed by atoms with E-state index in [2.05, 4.69) is 62.5 Å². The number of allylic oxidation sites excluding steroid dienone is 8. The van der Waals surface area contributed by atoms with Crippen molar-refractivity contribution >= 4 is 11.9 Å². The average molecular weight is 505 g/mol. The number of rotatable bonds is 24. The molecule has 0 bridgehead atoms. The minimum Gasteiger partial charge on any atom is -0.462 e. The molecule has 0 aliphatic heterocycles. The van der Waals surface area contributed by atoms with Crippen molar-refractivity contribution < 1.29 is 24.2 Å². The van der Waals surface area contributed by atoms with E-state index in [1.54, 1.807) is 0 Å². The van der Waals surface area contributed by atoms with Gasteiger partial charge in [-0.05, 0) is 51.4 Å². The highest BCUT2D eigenvalue weighted by Gasteiger charge is 2.15. The Morgan fingerprint density at radius 2 is 1.19 bits per heavy atom. The van der Waals surface area contributed by atoms with Gasteiger partial charge in [-0.1, -0.05) is 101 Å². The van der Waals surface area contributed by atoms with Crippen LogP contribution in [-0.2, 0) is 19.1 Å². The molecule has 0 amide bonds. The second-order valence-electron chi connectivity index (χ2n) is 9.10. The summed E-state index contributed by atoms with van der Waals surface area (Å²) in [5.74, 6) is -0.654. The molecule has 0 aromatic carbocycles. The van der Waals surface area contributed by atoms with Crippen molar-refractivity contribution in [3.63, 3.8) is 0 Å². The Morgan fingerprint density at radius 1 is 0.667 bits per heavy atom. The van der Waals surface area contributed by atoms with E-state index in [-0.39, 0.29) is 25.2 Å². The molecule has 0 fully saturated rings. The second kappa shape index (κ2) is 27.4. The molecular weight excluding hydrogens is 452 g/mol. The molecule has 0 rings (SSSR count). The van der Waals surface area contributed by atoms with E-state index in [4.69, 9.17) is 9.47 Å². The van der Waals surface area contributed by atoms with E-state index in [0.717, 1.165) is 64.2 Å². The fourth-order valence-corrected chi connectivity index (χ4v) is 3.48. The maximum absolute atomic E-state index is 12.0. The first-order valence-corrected chi connectivity index (χ1v) is 14.2. The van der Waals surface area contributed by atoms with Gasteiger partial charge in [0.05, 0.1) is 6.61 Å². The molecule has 0 saturated heterocycles. The Labute approximate surface area is 220 Å². The van der Waals surface area contributed by atoms with Crippen molar-refractivity contribution in [3.8, 4) is 0 Å². The van der Waals surface area contributed by atoms with Crippen LogP contribution in [0.15, 0.2) is 48.6 Å². The van der Waals surface area contributed by atoms with Crippen LogP contribution in [0.4, 0.5) is 0 Å². The Hall–Kier alpha value is -2.14. The quantitative estimate of drug-likeness (QED) is 0.0820. The van der Waals surface area contributed by atoms with Crippen molar-refractivity contribution in [2.45, 2.75) is 123 Å². The third-order valence-corrected chi connectivity index (χ3v) is 5.64. The van der Waals surface area contributed by atoms with Gasteiger partial charge < -0.3 is 14.6 Å².